The minimum absolute atomic E-state index is 0.0418. The molecule has 21 heavy (non-hydrogen) atoms. The number of benzene rings is 1. The molecule has 106 valence electrons. The maximum atomic E-state index is 11.3. The van der Waals surface area contributed by atoms with Crippen molar-refractivity contribution in [2.45, 2.75) is 19.8 Å². The smallest absolute Gasteiger partial charge is 0.224 e. The van der Waals surface area contributed by atoms with Gasteiger partial charge in [-0.2, -0.15) is 0 Å². The van der Waals surface area contributed by atoms with Crippen molar-refractivity contribution >= 4 is 17.4 Å². The van der Waals surface area contributed by atoms with E-state index >= 15 is 0 Å². The summed E-state index contributed by atoms with van der Waals surface area (Å²) in [5, 5.41) is 2.83. The van der Waals surface area contributed by atoms with Gasteiger partial charge in [0, 0.05) is 19.0 Å². The zero-order valence-electron chi connectivity index (χ0n) is 11.6. The number of aryl methyl sites for hydroxylation is 1. The molecule has 5 nitrogen and oxygen atoms in total. The van der Waals surface area contributed by atoms with Crippen molar-refractivity contribution < 1.29 is 14.3 Å². The molecule has 2 heterocycles. The van der Waals surface area contributed by atoms with Crippen LogP contribution in [0.1, 0.15) is 29.4 Å². The third kappa shape index (κ3) is 2.91. The number of pyridine rings is 1. The second-order valence-electron chi connectivity index (χ2n) is 4.90. The van der Waals surface area contributed by atoms with E-state index < -0.39 is 0 Å². The summed E-state index contributed by atoms with van der Waals surface area (Å²) in [6, 6.07) is 8.89. The standard InChI is InChI=1S/C16H14N2O3/c1-10(19)14-5-4-13(9-17-14)21-12-3-6-15-11(8-12)2-7-16(20)18-15/h3-6,8-9H,2,7H2,1H3,(H,18,20). The van der Waals surface area contributed by atoms with E-state index in [0.717, 1.165) is 11.3 Å². The maximum absolute atomic E-state index is 11.3. The van der Waals surface area contributed by atoms with Crippen LogP contribution in [-0.2, 0) is 11.2 Å². The normalized spacial score (nSPS) is 13.3. The maximum Gasteiger partial charge on any atom is 0.224 e. The monoisotopic (exact) mass is 282 g/mol. The molecule has 0 aliphatic carbocycles. The molecule has 1 aliphatic heterocycles. The Morgan fingerprint density at radius 1 is 1.19 bits per heavy atom. The molecule has 1 amide bonds. The first-order valence-electron chi connectivity index (χ1n) is 6.69. The summed E-state index contributed by atoms with van der Waals surface area (Å²) in [5.74, 6) is 1.22. The van der Waals surface area contributed by atoms with Gasteiger partial charge in [0.05, 0.1) is 6.20 Å². The molecule has 3 rings (SSSR count). The molecule has 0 saturated carbocycles. The fourth-order valence-electron chi connectivity index (χ4n) is 2.21. The number of rotatable bonds is 3. The molecule has 1 N–H and O–H groups in total. The van der Waals surface area contributed by atoms with E-state index in [4.69, 9.17) is 4.74 Å². The van der Waals surface area contributed by atoms with Gasteiger partial charge in [0.15, 0.2) is 5.78 Å². The topological polar surface area (TPSA) is 68.3 Å². The average Bonchev–Trinajstić information content (AvgIpc) is 2.48. The Hall–Kier alpha value is -2.69. The van der Waals surface area contributed by atoms with Gasteiger partial charge in [-0.15, -0.1) is 0 Å². The lowest BCUT2D eigenvalue weighted by Gasteiger charge is -2.17. The van der Waals surface area contributed by atoms with E-state index in [1.54, 1.807) is 18.2 Å². The van der Waals surface area contributed by atoms with Gasteiger partial charge in [-0.1, -0.05) is 0 Å². The highest BCUT2D eigenvalue weighted by molar-refractivity contribution is 5.94. The highest BCUT2D eigenvalue weighted by Crippen LogP contribution is 2.29. The van der Waals surface area contributed by atoms with Crippen LogP contribution in [0.25, 0.3) is 0 Å². The zero-order chi connectivity index (χ0) is 14.8. The lowest BCUT2D eigenvalue weighted by atomic mass is 10.0. The van der Waals surface area contributed by atoms with E-state index in [-0.39, 0.29) is 11.7 Å². The Kier molecular flexibility index (Phi) is 3.39. The fraction of sp³-hybridized carbons (Fsp3) is 0.188. The molecule has 1 aromatic carbocycles. The van der Waals surface area contributed by atoms with Gasteiger partial charge < -0.3 is 10.1 Å². The Balaban J connectivity index is 1.79. The summed E-state index contributed by atoms with van der Waals surface area (Å²) in [6.45, 7) is 1.47. The van der Waals surface area contributed by atoms with Crippen molar-refractivity contribution in [1.29, 1.82) is 0 Å². The number of carbonyl (C=O) groups excluding carboxylic acids is 2. The van der Waals surface area contributed by atoms with E-state index in [1.165, 1.54) is 13.1 Å². The number of nitrogens with zero attached hydrogens (tertiary/aromatic N) is 1. The third-order valence-corrected chi connectivity index (χ3v) is 3.30. The van der Waals surface area contributed by atoms with Gasteiger partial charge in [-0.25, -0.2) is 4.98 Å². The molecule has 0 bridgehead atoms. The summed E-state index contributed by atoms with van der Waals surface area (Å²) in [5.41, 5.74) is 2.31. The summed E-state index contributed by atoms with van der Waals surface area (Å²) in [4.78, 5) is 26.5. The molecule has 0 atom stereocenters. The molecular formula is C16H14N2O3. The summed E-state index contributed by atoms with van der Waals surface area (Å²) in [7, 11) is 0. The van der Waals surface area contributed by atoms with Crippen molar-refractivity contribution in [2.75, 3.05) is 5.32 Å². The molecule has 0 radical (unpaired) electrons. The highest BCUT2D eigenvalue weighted by Gasteiger charge is 2.15. The number of anilines is 1. The van der Waals surface area contributed by atoms with Crippen LogP contribution in [-0.4, -0.2) is 16.7 Å². The van der Waals surface area contributed by atoms with Crippen LogP contribution < -0.4 is 10.1 Å². The summed E-state index contributed by atoms with van der Waals surface area (Å²) < 4.78 is 5.72. The molecule has 1 aromatic heterocycles. The molecular weight excluding hydrogens is 268 g/mol. The number of hydrogen-bond acceptors (Lipinski definition) is 4. The number of aromatic nitrogens is 1. The molecule has 0 unspecified atom stereocenters. The molecule has 0 saturated heterocycles. The van der Waals surface area contributed by atoms with Crippen LogP contribution in [0.15, 0.2) is 36.5 Å². The van der Waals surface area contributed by atoms with Gasteiger partial charge in [0.1, 0.15) is 17.2 Å². The van der Waals surface area contributed by atoms with Gasteiger partial charge in [-0.3, -0.25) is 9.59 Å². The lowest BCUT2D eigenvalue weighted by molar-refractivity contribution is -0.116. The number of fused-ring (bicyclic) bond motifs is 1. The molecule has 2 aromatic rings. The van der Waals surface area contributed by atoms with Gasteiger partial charge in [0.25, 0.3) is 0 Å². The number of amides is 1. The third-order valence-electron chi connectivity index (χ3n) is 3.30. The Morgan fingerprint density at radius 3 is 2.71 bits per heavy atom. The number of carbonyl (C=O) groups is 2. The van der Waals surface area contributed by atoms with Gasteiger partial charge >= 0.3 is 0 Å². The number of ether oxygens (including phenoxy) is 1. The van der Waals surface area contributed by atoms with Crippen molar-refractivity contribution in [3.8, 4) is 11.5 Å². The Labute approximate surface area is 122 Å². The molecule has 5 heteroatoms. The lowest BCUT2D eigenvalue weighted by Crippen LogP contribution is -2.18. The fourth-order valence-corrected chi connectivity index (χ4v) is 2.21. The summed E-state index contributed by atoms with van der Waals surface area (Å²) >= 11 is 0. The van der Waals surface area contributed by atoms with Gasteiger partial charge in [0.2, 0.25) is 5.91 Å². The van der Waals surface area contributed by atoms with E-state index in [0.29, 0.717) is 30.0 Å². The van der Waals surface area contributed by atoms with Crippen LogP contribution in [0.4, 0.5) is 5.69 Å². The summed E-state index contributed by atoms with van der Waals surface area (Å²) in [6.07, 6.45) is 2.73. The number of nitrogens with one attached hydrogen (secondary N) is 1. The quantitative estimate of drug-likeness (QED) is 0.879. The Morgan fingerprint density at radius 2 is 2.00 bits per heavy atom. The zero-order valence-corrected chi connectivity index (χ0v) is 11.6. The van der Waals surface area contributed by atoms with Gasteiger partial charge in [-0.05, 0) is 42.3 Å². The minimum Gasteiger partial charge on any atom is -0.456 e. The van der Waals surface area contributed by atoms with Crippen LogP contribution in [0.3, 0.4) is 0 Å². The highest BCUT2D eigenvalue weighted by atomic mass is 16.5. The number of hydrogen-bond donors (Lipinski definition) is 1. The first-order chi connectivity index (χ1) is 10.1. The average molecular weight is 282 g/mol. The van der Waals surface area contributed by atoms with Crippen molar-refractivity contribution in [1.82, 2.24) is 4.98 Å². The van der Waals surface area contributed by atoms with E-state index in [9.17, 15) is 9.59 Å². The minimum atomic E-state index is -0.0777. The molecule has 0 fully saturated rings. The van der Waals surface area contributed by atoms with Crippen molar-refractivity contribution in [3.63, 3.8) is 0 Å². The number of ketones is 1. The Bertz CT molecular complexity index is 708. The van der Waals surface area contributed by atoms with Crippen molar-refractivity contribution in [2.24, 2.45) is 0 Å². The van der Waals surface area contributed by atoms with Crippen LogP contribution >= 0.6 is 0 Å². The van der Waals surface area contributed by atoms with Crippen LogP contribution in [0.2, 0.25) is 0 Å². The predicted octanol–water partition coefficient (Wildman–Crippen LogP) is 2.96. The molecule has 1 aliphatic rings. The second kappa shape index (κ2) is 5.36. The first-order valence-corrected chi connectivity index (χ1v) is 6.69. The SMILES string of the molecule is CC(=O)c1ccc(Oc2ccc3c(c2)CCC(=O)N3)cn1. The van der Waals surface area contributed by atoms with Crippen molar-refractivity contribution in [3.05, 3.63) is 47.8 Å². The first kappa shape index (κ1) is 13.3. The number of Topliss-reactive ketones (excluding diaryl/α,β-unsaturated/α-hetero) is 1. The largest absolute Gasteiger partial charge is 0.456 e. The predicted molar refractivity (Wildman–Crippen MR) is 77.7 cm³/mol. The van der Waals surface area contributed by atoms with Crippen LogP contribution in [0.5, 0.6) is 11.5 Å². The van der Waals surface area contributed by atoms with E-state index in [1.807, 2.05) is 12.1 Å². The molecule has 0 spiro atoms. The second-order valence-corrected chi connectivity index (χ2v) is 4.90. The van der Waals surface area contributed by atoms with E-state index in [2.05, 4.69) is 10.3 Å². The van der Waals surface area contributed by atoms with Crippen LogP contribution in [0, 0.1) is 0 Å².